The molecule has 0 unspecified atom stereocenters. The number of nitrogens with zero attached hydrogens (tertiary/aromatic N) is 6. The van der Waals surface area contributed by atoms with Crippen LogP contribution in [0.4, 0.5) is 39.8 Å². The Morgan fingerprint density at radius 1 is 0.673 bits per heavy atom. The zero-order valence-corrected chi connectivity index (χ0v) is 30.3. The molecule has 0 saturated heterocycles. The summed E-state index contributed by atoms with van der Waals surface area (Å²) in [4.78, 5) is -0.949. The first-order chi connectivity index (χ1) is 26.2. The van der Waals surface area contributed by atoms with Crippen LogP contribution in [0.2, 0.25) is 0 Å². The van der Waals surface area contributed by atoms with Gasteiger partial charge >= 0.3 is 0 Å². The highest BCUT2D eigenvalue weighted by molar-refractivity contribution is 8.19. The number of benzene rings is 6. The molecule has 0 aromatic heterocycles. The average molecular weight is 810 g/mol. The lowest BCUT2D eigenvalue weighted by atomic mass is 10.1. The maximum Gasteiger partial charge on any atom is 0.295 e. The first-order valence-electron chi connectivity index (χ1n) is 15.2. The molecule has 6 aromatic carbocycles. The number of methoxy groups -OCH3 is 1. The van der Waals surface area contributed by atoms with Crippen LogP contribution >= 0.6 is 22.9 Å². The minimum atomic E-state index is -4.90. The van der Waals surface area contributed by atoms with E-state index in [0.717, 1.165) is 36.3 Å². The molecule has 9 N–H and O–H groups in total. The van der Waals surface area contributed by atoms with E-state index in [1.807, 2.05) is 18.2 Å². The minimum absolute atomic E-state index is 0.0570. The van der Waals surface area contributed by atoms with Crippen molar-refractivity contribution in [2.45, 2.75) is 14.7 Å². The van der Waals surface area contributed by atoms with Crippen molar-refractivity contribution >= 4 is 94.4 Å². The molecule has 6 rings (SSSR count). The van der Waals surface area contributed by atoms with E-state index in [1.54, 1.807) is 42.5 Å². The number of ether oxygens (including phenoxy) is 1. The molecule has 0 radical (unpaired) electrons. The lowest BCUT2D eigenvalue weighted by Gasteiger charge is -2.22. The van der Waals surface area contributed by atoms with Crippen LogP contribution < -0.4 is 10.5 Å². The summed E-state index contributed by atoms with van der Waals surface area (Å²) in [5, 5.41) is 59.4. The Bertz CT molecular complexity index is 2640. The Balaban J connectivity index is 1.32. The molecule has 0 aliphatic heterocycles. The van der Waals surface area contributed by atoms with Gasteiger partial charge in [0.05, 0.1) is 46.5 Å². The van der Waals surface area contributed by atoms with Gasteiger partial charge in [-0.25, -0.2) is 5.26 Å². The third-order valence-electron chi connectivity index (χ3n) is 7.73. The van der Waals surface area contributed by atoms with Crippen LogP contribution in [0.3, 0.4) is 0 Å². The van der Waals surface area contributed by atoms with Gasteiger partial charge in [-0.2, -0.15) is 13.5 Å². The lowest BCUT2D eigenvalue weighted by Crippen LogP contribution is -2.03. The standard InChI is InChI=1S/C33H27N7O12S3/c1-50-28-16-25(38-40-32-30(55(47,48)49)14-21-29(54(44,45)46)13-10-22(34)31(21)33(32)42)27(41)15-26(28)39-37-24-12-11-23(19-4-2-3-5-20(19)24)36-35-17-6-8-18(9-7-17)53-52-51-43/h2-16,41-43,47-49H,34H2,1H3,(H,44,45,46). The summed E-state index contributed by atoms with van der Waals surface area (Å²) in [5.41, 5.74) is 6.36. The average Bonchev–Trinajstić information content (AvgIpc) is 3.15. The Morgan fingerprint density at radius 2 is 1.29 bits per heavy atom. The molecule has 55 heavy (non-hydrogen) atoms. The zero-order chi connectivity index (χ0) is 39.5. The van der Waals surface area contributed by atoms with Crippen molar-refractivity contribution in [1.82, 2.24) is 0 Å². The van der Waals surface area contributed by atoms with Crippen molar-refractivity contribution in [3.63, 3.8) is 0 Å². The second-order valence-electron chi connectivity index (χ2n) is 11.1. The number of hydrogen-bond acceptors (Lipinski definition) is 19. The number of nitrogen functional groups attached to an aromatic ring is 1. The number of phenols is 2. The van der Waals surface area contributed by atoms with Gasteiger partial charge in [0.1, 0.15) is 44.3 Å². The number of fused-ring (bicyclic) bond motifs is 2. The molecule has 0 aliphatic carbocycles. The molecule has 0 heterocycles. The van der Waals surface area contributed by atoms with Gasteiger partial charge in [-0.15, -0.1) is 29.9 Å². The highest BCUT2D eigenvalue weighted by Gasteiger charge is 2.29. The fourth-order valence-corrected chi connectivity index (χ4v) is 6.95. The van der Waals surface area contributed by atoms with E-state index in [0.29, 0.717) is 32.7 Å². The normalized spacial score (nSPS) is 12.8. The predicted octanol–water partition coefficient (Wildman–Crippen LogP) is 10.5. The fourth-order valence-electron chi connectivity index (χ4n) is 5.25. The Kier molecular flexibility index (Phi) is 11.3. The van der Waals surface area contributed by atoms with E-state index in [4.69, 9.17) is 15.7 Å². The van der Waals surface area contributed by atoms with Crippen LogP contribution in [0.25, 0.3) is 21.5 Å². The molecule has 0 saturated carbocycles. The van der Waals surface area contributed by atoms with E-state index in [2.05, 4.69) is 40.1 Å². The van der Waals surface area contributed by atoms with Gasteiger partial charge in [0.15, 0.2) is 5.75 Å². The maximum atomic E-state index is 12.0. The van der Waals surface area contributed by atoms with Gasteiger partial charge in [0, 0.05) is 38.9 Å². The Labute approximate surface area is 316 Å². The lowest BCUT2D eigenvalue weighted by molar-refractivity contribution is -0.432. The monoisotopic (exact) mass is 809 g/mol. The molecule has 0 spiro atoms. The van der Waals surface area contributed by atoms with Gasteiger partial charge in [-0.3, -0.25) is 4.55 Å². The minimum Gasteiger partial charge on any atom is -0.506 e. The number of hydrogen-bond donors (Lipinski definition) is 8. The predicted molar refractivity (Wildman–Crippen MR) is 202 cm³/mol. The molecule has 0 bridgehead atoms. The smallest absolute Gasteiger partial charge is 0.295 e. The van der Waals surface area contributed by atoms with E-state index in [-0.39, 0.29) is 28.2 Å². The number of azo groups is 3. The summed E-state index contributed by atoms with van der Waals surface area (Å²) in [6.07, 6.45) is 0. The molecule has 284 valence electrons. The van der Waals surface area contributed by atoms with Gasteiger partial charge in [0.2, 0.25) is 0 Å². The summed E-state index contributed by atoms with van der Waals surface area (Å²) in [6.45, 7) is 0. The summed E-state index contributed by atoms with van der Waals surface area (Å²) < 4.78 is 73.9. The summed E-state index contributed by atoms with van der Waals surface area (Å²) in [7, 11) is -8.29. The largest absolute Gasteiger partial charge is 0.506 e. The Morgan fingerprint density at radius 3 is 1.89 bits per heavy atom. The molecule has 6 aromatic rings. The molecule has 0 amide bonds. The van der Waals surface area contributed by atoms with Crippen LogP contribution in [-0.4, -0.2) is 49.2 Å². The first kappa shape index (κ1) is 38.9. The molecular weight excluding hydrogens is 783 g/mol. The van der Waals surface area contributed by atoms with Gasteiger partial charge in [0.25, 0.3) is 10.1 Å². The second-order valence-corrected chi connectivity index (χ2v) is 14.8. The second kappa shape index (κ2) is 15.9. The third kappa shape index (κ3) is 8.48. The highest BCUT2D eigenvalue weighted by atomic mass is 32.3. The summed E-state index contributed by atoms with van der Waals surface area (Å²) in [5.74, 6) is -1.37. The third-order valence-corrected chi connectivity index (χ3v) is 10.1. The highest BCUT2D eigenvalue weighted by Crippen LogP contribution is 2.56. The first-order valence-corrected chi connectivity index (χ1v) is 18.9. The fraction of sp³-hybridized carbons (Fsp3) is 0.0303. The van der Waals surface area contributed by atoms with E-state index in [1.165, 1.54) is 13.2 Å². The van der Waals surface area contributed by atoms with Crippen LogP contribution in [-0.2, 0) is 19.5 Å². The van der Waals surface area contributed by atoms with Crippen molar-refractivity contribution in [2.75, 3.05) is 12.8 Å². The van der Waals surface area contributed by atoms with Crippen molar-refractivity contribution in [3.8, 4) is 17.2 Å². The number of nitrogens with two attached hydrogens (primary N) is 1. The van der Waals surface area contributed by atoms with Gasteiger partial charge < -0.3 is 34.3 Å². The SMILES string of the molecule is COc1cc(N=Nc2c(S(O)(O)O)cc3c(S(=O)(=O)O)ccc(N)c3c2O)c(O)cc1N=Nc1ccc(N=Nc2ccc(SOOO)cc2)c2ccccc12. The van der Waals surface area contributed by atoms with Gasteiger partial charge in [-0.05, 0) is 54.6 Å². The molecule has 19 nitrogen and oxygen atoms in total. The van der Waals surface area contributed by atoms with Crippen LogP contribution in [0.15, 0.2) is 136 Å². The van der Waals surface area contributed by atoms with E-state index < -0.39 is 53.4 Å². The van der Waals surface area contributed by atoms with Crippen molar-refractivity contribution in [2.24, 2.45) is 30.7 Å². The molecule has 0 aliphatic rings. The zero-order valence-electron chi connectivity index (χ0n) is 27.8. The number of phenolic OH excluding ortho intramolecular Hbond substituents is 2. The quantitative estimate of drug-likeness (QED) is 0.0142. The topological polar surface area (TPSA) is 304 Å². The maximum absolute atomic E-state index is 12.0. The summed E-state index contributed by atoms with van der Waals surface area (Å²) >= 11 is 0.809. The van der Waals surface area contributed by atoms with Crippen LogP contribution in [0.5, 0.6) is 17.2 Å². The van der Waals surface area contributed by atoms with Crippen molar-refractivity contribution in [3.05, 3.63) is 91.0 Å². The van der Waals surface area contributed by atoms with Crippen LogP contribution in [0, 0.1) is 0 Å². The van der Waals surface area contributed by atoms with Crippen molar-refractivity contribution < 1.29 is 56.2 Å². The number of rotatable bonds is 12. The van der Waals surface area contributed by atoms with Crippen molar-refractivity contribution in [1.29, 1.82) is 0 Å². The van der Waals surface area contributed by atoms with Gasteiger partial charge in [-0.1, -0.05) is 29.3 Å². The molecular formula is C33H27N7O12S3. The molecule has 22 heteroatoms. The van der Waals surface area contributed by atoms with E-state index in [9.17, 15) is 36.8 Å². The molecule has 0 atom stereocenters. The number of anilines is 1. The van der Waals surface area contributed by atoms with Crippen LogP contribution in [0.1, 0.15) is 0 Å². The van der Waals surface area contributed by atoms with E-state index >= 15 is 0 Å². The molecule has 0 fully saturated rings. The number of aromatic hydroxyl groups is 2. The summed E-state index contributed by atoms with van der Waals surface area (Å²) in [6, 6.07) is 22.6. The Hall–Kier alpha value is -5.79.